The number of methoxy groups -OCH3 is 1. The second kappa shape index (κ2) is 8.95. The lowest BCUT2D eigenvalue weighted by Gasteiger charge is -2.34. The van der Waals surface area contributed by atoms with Crippen LogP contribution in [0.5, 0.6) is 5.75 Å². The SMILES string of the molecule is COc1ccccc1CC(=O)N1CCCC[C@H]1c1ncc(Cc2ccccc2)o1. The number of hydrogen-bond acceptors (Lipinski definition) is 4. The Hall–Kier alpha value is -3.08. The van der Waals surface area contributed by atoms with E-state index in [1.54, 1.807) is 13.3 Å². The number of carbonyl (C=O) groups is 1. The van der Waals surface area contributed by atoms with Gasteiger partial charge in [-0.25, -0.2) is 4.98 Å². The van der Waals surface area contributed by atoms with E-state index in [4.69, 9.17) is 9.15 Å². The number of hydrogen-bond donors (Lipinski definition) is 0. The summed E-state index contributed by atoms with van der Waals surface area (Å²) in [6.07, 6.45) is 5.77. The average molecular weight is 390 g/mol. The predicted molar refractivity (Wildman–Crippen MR) is 111 cm³/mol. The molecule has 4 rings (SSSR count). The van der Waals surface area contributed by atoms with Gasteiger partial charge in [-0.05, 0) is 30.9 Å². The van der Waals surface area contributed by atoms with E-state index < -0.39 is 0 Å². The fourth-order valence-electron chi connectivity index (χ4n) is 3.96. The van der Waals surface area contributed by atoms with Crippen LogP contribution in [-0.4, -0.2) is 29.4 Å². The van der Waals surface area contributed by atoms with Crippen molar-refractivity contribution >= 4 is 5.91 Å². The second-order valence-electron chi connectivity index (χ2n) is 7.41. The summed E-state index contributed by atoms with van der Waals surface area (Å²) in [5.41, 5.74) is 2.09. The topological polar surface area (TPSA) is 55.6 Å². The second-order valence-corrected chi connectivity index (χ2v) is 7.41. The first kappa shape index (κ1) is 19.2. The molecule has 5 nitrogen and oxygen atoms in total. The third kappa shape index (κ3) is 4.50. The standard InChI is InChI=1S/C24H26N2O3/c1-28-22-13-6-5-11-19(22)16-23(27)26-14-8-7-12-21(26)24-25-17-20(29-24)15-18-9-3-2-4-10-18/h2-6,9-11,13,17,21H,7-8,12,14-16H2,1H3/t21-/m0/s1. The molecule has 0 N–H and O–H groups in total. The molecular formula is C24H26N2O3. The van der Waals surface area contributed by atoms with E-state index in [9.17, 15) is 4.79 Å². The number of carbonyl (C=O) groups excluding carboxylic acids is 1. The maximum Gasteiger partial charge on any atom is 0.227 e. The van der Waals surface area contributed by atoms with E-state index in [0.29, 0.717) is 18.7 Å². The van der Waals surface area contributed by atoms with Crippen molar-refractivity contribution in [1.29, 1.82) is 0 Å². The normalized spacial score (nSPS) is 16.6. The van der Waals surface area contributed by atoms with E-state index in [1.807, 2.05) is 47.4 Å². The molecule has 0 spiro atoms. The molecule has 0 saturated carbocycles. The summed E-state index contributed by atoms with van der Waals surface area (Å²) >= 11 is 0. The first-order valence-electron chi connectivity index (χ1n) is 10.1. The molecule has 0 unspecified atom stereocenters. The molecule has 0 bridgehead atoms. The Morgan fingerprint density at radius 2 is 1.93 bits per heavy atom. The number of oxazole rings is 1. The molecule has 5 heteroatoms. The van der Waals surface area contributed by atoms with Crippen LogP contribution < -0.4 is 4.74 Å². The van der Waals surface area contributed by atoms with Crippen molar-refractivity contribution in [2.75, 3.05) is 13.7 Å². The minimum absolute atomic E-state index is 0.0852. The first-order valence-corrected chi connectivity index (χ1v) is 10.1. The maximum atomic E-state index is 13.1. The minimum Gasteiger partial charge on any atom is -0.496 e. The fraction of sp³-hybridized carbons (Fsp3) is 0.333. The zero-order valence-electron chi connectivity index (χ0n) is 16.7. The van der Waals surface area contributed by atoms with Crippen LogP contribution in [0, 0.1) is 0 Å². The summed E-state index contributed by atoms with van der Waals surface area (Å²) < 4.78 is 11.5. The first-order chi connectivity index (χ1) is 14.2. The maximum absolute atomic E-state index is 13.1. The Kier molecular flexibility index (Phi) is 5.94. The molecule has 1 atom stereocenters. The number of piperidine rings is 1. The Morgan fingerprint density at radius 3 is 2.76 bits per heavy atom. The van der Waals surface area contributed by atoms with Crippen LogP contribution in [0.2, 0.25) is 0 Å². The average Bonchev–Trinajstić information content (AvgIpc) is 3.23. The molecule has 29 heavy (non-hydrogen) atoms. The van der Waals surface area contributed by atoms with E-state index in [0.717, 1.165) is 42.9 Å². The van der Waals surface area contributed by atoms with Gasteiger partial charge in [0.2, 0.25) is 11.8 Å². The van der Waals surface area contributed by atoms with Gasteiger partial charge in [0.1, 0.15) is 17.6 Å². The molecule has 1 saturated heterocycles. The molecule has 0 aliphatic carbocycles. The van der Waals surface area contributed by atoms with Gasteiger partial charge < -0.3 is 14.1 Å². The summed E-state index contributed by atoms with van der Waals surface area (Å²) in [6, 6.07) is 17.8. The number of likely N-dealkylation sites (tertiary alicyclic amines) is 1. The largest absolute Gasteiger partial charge is 0.496 e. The van der Waals surface area contributed by atoms with E-state index in [2.05, 4.69) is 17.1 Å². The van der Waals surface area contributed by atoms with Crippen molar-refractivity contribution in [1.82, 2.24) is 9.88 Å². The monoisotopic (exact) mass is 390 g/mol. The highest BCUT2D eigenvalue weighted by atomic mass is 16.5. The van der Waals surface area contributed by atoms with Gasteiger partial charge in [-0.2, -0.15) is 0 Å². The van der Waals surface area contributed by atoms with Crippen LogP contribution in [0.3, 0.4) is 0 Å². The van der Waals surface area contributed by atoms with Crippen molar-refractivity contribution in [3.8, 4) is 5.75 Å². The number of para-hydroxylation sites is 1. The molecule has 1 fully saturated rings. The van der Waals surface area contributed by atoms with Crippen LogP contribution in [0.25, 0.3) is 0 Å². The van der Waals surface area contributed by atoms with Crippen LogP contribution in [0.4, 0.5) is 0 Å². The summed E-state index contributed by atoms with van der Waals surface area (Å²) in [4.78, 5) is 19.6. The smallest absolute Gasteiger partial charge is 0.227 e. The number of aromatic nitrogens is 1. The van der Waals surface area contributed by atoms with Gasteiger partial charge in [0.05, 0.1) is 19.7 Å². The molecule has 3 aromatic rings. The van der Waals surface area contributed by atoms with Gasteiger partial charge in [-0.15, -0.1) is 0 Å². The Labute approximate surface area is 171 Å². The summed E-state index contributed by atoms with van der Waals surface area (Å²) in [6.45, 7) is 0.731. The highest BCUT2D eigenvalue weighted by Crippen LogP contribution is 2.32. The quantitative estimate of drug-likeness (QED) is 0.619. The van der Waals surface area contributed by atoms with Gasteiger partial charge in [0, 0.05) is 18.5 Å². The van der Waals surface area contributed by atoms with E-state index in [-0.39, 0.29) is 11.9 Å². The van der Waals surface area contributed by atoms with Crippen molar-refractivity contribution < 1.29 is 13.9 Å². The fourth-order valence-corrected chi connectivity index (χ4v) is 3.96. The lowest BCUT2D eigenvalue weighted by atomic mass is 10.0. The van der Waals surface area contributed by atoms with Gasteiger partial charge in [-0.1, -0.05) is 48.5 Å². The number of benzene rings is 2. The van der Waals surface area contributed by atoms with Crippen molar-refractivity contribution in [2.24, 2.45) is 0 Å². The van der Waals surface area contributed by atoms with Crippen LogP contribution >= 0.6 is 0 Å². The summed E-state index contributed by atoms with van der Waals surface area (Å²) in [5, 5.41) is 0. The molecule has 0 radical (unpaired) electrons. The van der Waals surface area contributed by atoms with E-state index >= 15 is 0 Å². The Balaban J connectivity index is 1.49. The summed E-state index contributed by atoms with van der Waals surface area (Å²) in [7, 11) is 1.63. The molecule has 2 aromatic carbocycles. The van der Waals surface area contributed by atoms with Crippen molar-refractivity contribution in [2.45, 2.75) is 38.1 Å². The van der Waals surface area contributed by atoms with E-state index in [1.165, 1.54) is 5.56 Å². The number of ether oxygens (including phenoxy) is 1. The minimum atomic E-state index is -0.101. The van der Waals surface area contributed by atoms with Crippen molar-refractivity contribution in [3.63, 3.8) is 0 Å². The molecule has 2 heterocycles. The van der Waals surface area contributed by atoms with Gasteiger partial charge in [0.15, 0.2) is 0 Å². The van der Waals surface area contributed by atoms with Crippen LogP contribution in [0.1, 0.15) is 48.1 Å². The Morgan fingerprint density at radius 1 is 1.14 bits per heavy atom. The molecule has 1 aromatic heterocycles. The van der Waals surface area contributed by atoms with Gasteiger partial charge in [-0.3, -0.25) is 4.79 Å². The van der Waals surface area contributed by atoms with Crippen LogP contribution in [0.15, 0.2) is 65.2 Å². The third-order valence-electron chi connectivity index (χ3n) is 5.44. The van der Waals surface area contributed by atoms with Crippen LogP contribution in [-0.2, 0) is 17.6 Å². The van der Waals surface area contributed by atoms with Gasteiger partial charge in [0.25, 0.3) is 0 Å². The summed E-state index contributed by atoms with van der Waals surface area (Å²) in [5.74, 6) is 2.30. The lowest BCUT2D eigenvalue weighted by molar-refractivity contribution is -0.135. The predicted octanol–water partition coefficient (Wildman–Crippen LogP) is 4.57. The molecule has 150 valence electrons. The molecule has 1 amide bonds. The Bertz CT molecular complexity index is 952. The highest BCUT2D eigenvalue weighted by Gasteiger charge is 2.31. The number of rotatable bonds is 6. The van der Waals surface area contributed by atoms with Gasteiger partial charge >= 0.3 is 0 Å². The molecule has 1 aliphatic heterocycles. The zero-order chi connectivity index (χ0) is 20.1. The highest BCUT2D eigenvalue weighted by molar-refractivity contribution is 5.80. The number of amides is 1. The van der Waals surface area contributed by atoms with Crippen molar-refractivity contribution in [3.05, 3.63) is 83.6 Å². The number of nitrogens with zero attached hydrogens (tertiary/aromatic N) is 2. The lowest BCUT2D eigenvalue weighted by Crippen LogP contribution is -2.39. The molecule has 1 aliphatic rings. The molecular weight excluding hydrogens is 364 g/mol. The zero-order valence-corrected chi connectivity index (χ0v) is 16.7. The third-order valence-corrected chi connectivity index (χ3v) is 5.44.